The van der Waals surface area contributed by atoms with Crippen LogP contribution in [0.2, 0.25) is 0 Å². The molecule has 2 aromatic heterocycles. The van der Waals surface area contributed by atoms with Crippen LogP contribution in [0.5, 0.6) is 0 Å². The lowest BCUT2D eigenvalue weighted by Gasteiger charge is -2.26. The van der Waals surface area contributed by atoms with Gasteiger partial charge in [-0.15, -0.1) is 0 Å². The number of urea groups is 1. The summed E-state index contributed by atoms with van der Waals surface area (Å²) in [4.78, 5) is 14.5. The molecule has 3 heterocycles. The van der Waals surface area contributed by atoms with Crippen molar-refractivity contribution in [2.75, 3.05) is 6.54 Å². The zero-order valence-electron chi connectivity index (χ0n) is 12.3. The van der Waals surface area contributed by atoms with Crippen molar-refractivity contribution in [3.63, 3.8) is 0 Å². The minimum atomic E-state index is -0.116. The van der Waals surface area contributed by atoms with Crippen molar-refractivity contribution in [2.24, 2.45) is 0 Å². The monoisotopic (exact) mass is 304 g/mol. The van der Waals surface area contributed by atoms with Gasteiger partial charge in [0.1, 0.15) is 11.5 Å². The van der Waals surface area contributed by atoms with Crippen molar-refractivity contribution < 1.29 is 9.21 Å². The predicted molar refractivity (Wildman–Crippen MR) is 83.4 cm³/mol. The number of thiophene rings is 1. The molecule has 5 heteroatoms. The molecule has 0 unspecified atom stereocenters. The van der Waals surface area contributed by atoms with Gasteiger partial charge >= 0.3 is 6.03 Å². The number of carbonyl (C=O) groups excluding carboxylic acids is 1. The Morgan fingerprint density at radius 2 is 2.33 bits per heavy atom. The van der Waals surface area contributed by atoms with E-state index in [9.17, 15) is 4.79 Å². The maximum absolute atomic E-state index is 12.5. The lowest BCUT2D eigenvalue weighted by Crippen LogP contribution is -2.40. The third kappa shape index (κ3) is 2.97. The average molecular weight is 304 g/mol. The van der Waals surface area contributed by atoms with Gasteiger partial charge in [0.25, 0.3) is 0 Å². The maximum atomic E-state index is 12.5. The number of hydrogen-bond donors (Lipinski definition) is 1. The summed E-state index contributed by atoms with van der Waals surface area (Å²) in [5.74, 6) is 1.66. The van der Waals surface area contributed by atoms with Gasteiger partial charge in [0, 0.05) is 6.54 Å². The molecule has 1 aliphatic rings. The minimum Gasteiger partial charge on any atom is -0.464 e. The first-order valence-corrected chi connectivity index (χ1v) is 8.25. The lowest BCUT2D eigenvalue weighted by molar-refractivity contribution is 0.188. The topological polar surface area (TPSA) is 45.5 Å². The number of nitrogens with one attached hydrogen (secondary N) is 1. The molecule has 3 rings (SSSR count). The first-order chi connectivity index (χ1) is 10.1. The molecule has 0 aromatic carbocycles. The van der Waals surface area contributed by atoms with Crippen LogP contribution < -0.4 is 5.32 Å². The van der Waals surface area contributed by atoms with Crippen LogP contribution in [0, 0.1) is 6.92 Å². The summed E-state index contributed by atoms with van der Waals surface area (Å²) >= 11 is 1.68. The van der Waals surface area contributed by atoms with E-state index in [1.54, 1.807) is 11.3 Å². The molecule has 2 atom stereocenters. The molecule has 0 bridgehead atoms. The quantitative estimate of drug-likeness (QED) is 0.921. The summed E-state index contributed by atoms with van der Waals surface area (Å²) < 4.78 is 5.58. The van der Waals surface area contributed by atoms with Crippen LogP contribution in [0.3, 0.4) is 0 Å². The first kappa shape index (κ1) is 14.2. The van der Waals surface area contributed by atoms with Crippen molar-refractivity contribution in [1.82, 2.24) is 10.2 Å². The number of likely N-dealkylation sites (tertiary alicyclic amines) is 1. The van der Waals surface area contributed by atoms with Crippen molar-refractivity contribution in [1.29, 1.82) is 0 Å². The summed E-state index contributed by atoms with van der Waals surface area (Å²) in [6.45, 7) is 4.67. The van der Waals surface area contributed by atoms with E-state index in [-0.39, 0.29) is 18.1 Å². The fraction of sp³-hybridized carbons (Fsp3) is 0.438. The molecule has 2 aromatic rings. The number of carbonyl (C=O) groups is 1. The van der Waals surface area contributed by atoms with E-state index >= 15 is 0 Å². The van der Waals surface area contributed by atoms with Crippen molar-refractivity contribution in [3.05, 3.63) is 46.0 Å². The molecule has 1 fully saturated rings. The molecular formula is C16H20N2O2S. The van der Waals surface area contributed by atoms with Crippen LogP contribution in [0.1, 0.15) is 48.9 Å². The van der Waals surface area contributed by atoms with Crippen LogP contribution >= 0.6 is 11.3 Å². The first-order valence-electron chi connectivity index (χ1n) is 7.30. The Hall–Kier alpha value is -1.75. The van der Waals surface area contributed by atoms with E-state index in [2.05, 4.69) is 22.1 Å². The Kier molecular flexibility index (Phi) is 4.01. The van der Waals surface area contributed by atoms with Crippen molar-refractivity contribution in [2.45, 2.75) is 38.8 Å². The van der Waals surface area contributed by atoms with Crippen LogP contribution in [-0.2, 0) is 0 Å². The normalized spacial score (nSPS) is 19.7. The van der Waals surface area contributed by atoms with E-state index in [4.69, 9.17) is 4.42 Å². The Morgan fingerprint density at radius 3 is 3.00 bits per heavy atom. The molecule has 0 radical (unpaired) electrons. The summed E-state index contributed by atoms with van der Waals surface area (Å²) in [5.41, 5.74) is 1.24. The Bertz CT molecular complexity index is 606. The third-order valence-electron chi connectivity index (χ3n) is 3.97. The SMILES string of the molecule is Cc1ccc([C@H](C)NC(=O)N2CCC[C@@H]2c2ccsc2)o1. The van der Waals surface area contributed by atoms with Crippen LogP contribution in [-0.4, -0.2) is 17.5 Å². The predicted octanol–water partition coefficient (Wildman–Crippen LogP) is 4.26. The fourth-order valence-electron chi connectivity index (χ4n) is 2.85. The molecule has 0 saturated carbocycles. The number of rotatable bonds is 3. The maximum Gasteiger partial charge on any atom is 0.318 e. The molecule has 1 saturated heterocycles. The van der Waals surface area contributed by atoms with E-state index in [1.807, 2.05) is 30.9 Å². The Balaban J connectivity index is 1.67. The zero-order valence-corrected chi connectivity index (χ0v) is 13.2. The molecule has 1 N–H and O–H groups in total. The van der Waals surface area contributed by atoms with Gasteiger partial charge in [0.2, 0.25) is 0 Å². The van der Waals surface area contributed by atoms with Gasteiger partial charge in [-0.1, -0.05) is 0 Å². The minimum absolute atomic E-state index is 0.00902. The standard InChI is InChI=1S/C16H20N2O2S/c1-11-5-6-15(20-11)12(2)17-16(19)18-8-3-4-14(18)13-7-9-21-10-13/h5-7,9-10,12,14H,3-4,8H2,1-2H3,(H,17,19)/t12-,14+/m0/s1. The highest BCUT2D eigenvalue weighted by Crippen LogP contribution is 2.33. The number of aryl methyl sites for hydroxylation is 1. The molecule has 0 spiro atoms. The number of nitrogens with zero attached hydrogens (tertiary/aromatic N) is 1. The molecule has 4 nitrogen and oxygen atoms in total. The largest absolute Gasteiger partial charge is 0.464 e. The van der Waals surface area contributed by atoms with Gasteiger partial charge in [-0.3, -0.25) is 0 Å². The van der Waals surface area contributed by atoms with Crippen molar-refractivity contribution >= 4 is 17.4 Å². The van der Waals surface area contributed by atoms with E-state index < -0.39 is 0 Å². The zero-order chi connectivity index (χ0) is 14.8. The molecule has 1 aliphatic heterocycles. The number of furan rings is 1. The molecule has 112 valence electrons. The van der Waals surface area contributed by atoms with E-state index in [1.165, 1.54) is 5.56 Å². The third-order valence-corrected chi connectivity index (χ3v) is 4.67. The second-order valence-corrected chi connectivity index (χ2v) is 6.31. The highest BCUT2D eigenvalue weighted by molar-refractivity contribution is 7.07. The molecular weight excluding hydrogens is 284 g/mol. The van der Waals surface area contributed by atoms with Gasteiger partial charge in [0.05, 0.1) is 12.1 Å². The van der Waals surface area contributed by atoms with E-state index in [0.717, 1.165) is 30.9 Å². The van der Waals surface area contributed by atoms with Gasteiger partial charge in [-0.05, 0) is 61.2 Å². The smallest absolute Gasteiger partial charge is 0.318 e. The van der Waals surface area contributed by atoms with Crippen LogP contribution in [0.15, 0.2) is 33.4 Å². The molecule has 2 amide bonds. The second-order valence-electron chi connectivity index (χ2n) is 5.53. The van der Waals surface area contributed by atoms with Gasteiger partial charge in [-0.25, -0.2) is 4.79 Å². The Labute approximate surface area is 128 Å². The average Bonchev–Trinajstić information content (AvgIpc) is 3.19. The summed E-state index contributed by atoms with van der Waals surface area (Å²) in [6.07, 6.45) is 2.10. The number of amides is 2. The Morgan fingerprint density at radius 1 is 1.48 bits per heavy atom. The summed E-state index contributed by atoms with van der Waals surface area (Å²) in [5, 5.41) is 7.24. The lowest BCUT2D eigenvalue weighted by atomic mass is 10.1. The second kappa shape index (κ2) is 5.93. The van der Waals surface area contributed by atoms with Gasteiger partial charge in [0.15, 0.2) is 0 Å². The highest BCUT2D eigenvalue weighted by Gasteiger charge is 2.31. The molecule has 0 aliphatic carbocycles. The van der Waals surface area contributed by atoms with Crippen LogP contribution in [0.25, 0.3) is 0 Å². The van der Waals surface area contributed by atoms with Gasteiger partial charge < -0.3 is 14.6 Å². The number of hydrogen-bond acceptors (Lipinski definition) is 3. The highest BCUT2D eigenvalue weighted by atomic mass is 32.1. The van der Waals surface area contributed by atoms with Crippen LogP contribution in [0.4, 0.5) is 4.79 Å². The fourth-order valence-corrected chi connectivity index (χ4v) is 3.55. The van der Waals surface area contributed by atoms with Crippen molar-refractivity contribution in [3.8, 4) is 0 Å². The van der Waals surface area contributed by atoms with Gasteiger partial charge in [-0.2, -0.15) is 11.3 Å². The summed E-state index contributed by atoms with van der Waals surface area (Å²) in [6, 6.07) is 6.03. The summed E-state index contributed by atoms with van der Waals surface area (Å²) in [7, 11) is 0. The molecule has 21 heavy (non-hydrogen) atoms. The van der Waals surface area contributed by atoms with E-state index in [0.29, 0.717) is 0 Å².